The van der Waals surface area contributed by atoms with E-state index in [0.717, 1.165) is 22.6 Å². The Morgan fingerprint density at radius 1 is 1.07 bits per heavy atom. The zero-order valence-electron chi connectivity index (χ0n) is 15.9. The minimum Gasteiger partial charge on any atom is -0.489 e. The average Bonchev–Trinajstić information content (AvgIpc) is 3.16. The molecule has 0 amide bonds. The number of hydrogen-bond donors (Lipinski definition) is 3. The number of nitrogens with one attached hydrogen (secondary N) is 2. The van der Waals surface area contributed by atoms with E-state index in [2.05, 4.69) is 25.5 Å². The molecule has 0 atom stereocenters. The van der Waals surface area contributed by atoms with Gasteiger partial charge in [0, 0.05) is 5.69 Å². The number of fused-ring (bicyclic) bond motifs is 1. The van der Waals surface area contributed by atoms with E-state index in [-0.39, 0.29) is 13.2 Å². The summed E-state index contributed by atoms with van der Waals surface area (Å²) in [6.07, 6.45) is 1.45. The molecule has 2 aromatic carbocycles. The zero-order chi connectivity index (χ0) is 20.1. The molecule has 29 heavy (non-hydrogen) atoms. The molecule has 0 fully saturated rings. The summed E-state index contributed by atoms with van der Waals surface area (Å²) in [6, 6.07) is 15.9. The van der Waals surface area contributed by atoms with Crippen molar-refractivity contribution in [2.45, 2.75) is 13.5 Å². The number of aliphatic hydroxyl groups excluding tert-OH is 1. The lowest BCUT2D eigenvalue weighted by molar-refractivity contribution is 0.198. The number of nitrogens with zero attached hydrogens (tertiary/aromatic N) is 3. The number of aromatic amines is 1. The summed E-state index contributed by atoms with van der Waals surface area (Å²) in [5.74, 6) is 1.73. The number of aryl methyl sites for hydroxylation is 1. The maximum Gasteiger partial charge on any atom is 0.246 e. The third-order valence-electron chi connectivity index (χ3n) is 4.33. The van der Waals surface area contributed by atoms with Crippen LogP contribution in [-0.4, -0.2) is 38.5 Å². The molecule has 0 aliphatic heterocycles. The van der Waals surface area contributed by atoms with E-state index in [1.165, 1.54) is 6.33 Å². The molecule has 2 heterocycles. The summed E-state index contributed by atoms with van der Waals surface area (Å²) in [4.78, 5) is 8.48. The lowest BCUT2D eigenvalue weighted by atomic mass is 10.2. The second-order valence-corrected chi connectivity index (χ2v) is 6.43. The van der Waals surface area contributed by atoms with Gasteiger partial charge in [0.05, 0.1) is 6.61 Å². The molecule has 2 aromatic heterocycles. The van der Waals surface area contributed by atoms with Gasteiger partial charge in [0.15, 0.2) is 5.65 Å². The Labute approximate surface area is 167 Å². The van der Waals surface area contributed by atoms with Crippen molar-refractivity contribution >= 4 is 22.5 Å². The Morgan fingerprint density at radius 2 is 1.93 bits per heavy atom. The first kappa shape index (κ1) is 18.7. The molecule has 0 unspecified atom stereocenters. The van der Waals surface area contributed by atoms with Gasteiger partial charge in [-0.05, 0) is 36.2 Å². The van der Waals surface area contributed by atoms with E-state index in [4.69, 9.17) is 14.6 Å². The van der Waals surface area contributed by atoms with Gasteiger partial charge in [0.25, 0.3) is 0 Å². The summed E-state index contributed by atoms with van der Waals surface area (Å²) < 4.78 is 11.4. The molecular weight excluding hydrogens is 370 g/mol. The van der Waals surface area contributed by atoms with Crippen LogP contribution in [0.25, 0.3) is 11.0 Å². The van der Waals surface area contributed by atoms with Gasteiger partial charge in [-0.15, -0.1) is 5.10 Å². The first-order chi connectivity index (χ1) is 14.2. The van der Waals surface area contributed by atoms with Gasteiger partial charge >= 0.3 is 0 Å². The molecule has 0 aliphatic rings. The van der Waals surface area contributed by atoms with Gasteiger partial charge in [-0.25, -0.2) is 9.97 Å². The van der Waals surface area contributed by atoms with Crippen LogP contribution in [0.4, 0.5) is 11.5 Å². The Morgan fingerprint density at radius 3 is 2.72 bits per heavy atom. The van der Waals surface area contributed by atoms with E-state index in [0.29, 0.717) is 29.3 Å². The predicted molar refractivity (Wildman–Crippen MR) is 110 cm³/mol. The number of anilines is 2. The summed E-state index contributed by atoms with van der Waals surface area (Å²) in [5.41, 5.74) is 3.52. The third-order valence-corrected chi connectivity index (χ3v) is 4.33. The molecule has 0 bridgehead atoms. The maximum atomic E-state index is 8.99. The number of ether oxygens (including phenoxy) is 2. The lowest BCUT2D eigenvalue weighted by Gasteiger charge is -2.12. The molecule has 148 valence electrons. The quantitative estimate of drug-likeness (QED) is 0.423. The van der Waals surface area contributed by atoms with Crippen LogP contribution >= 0.6 is 0 Å². The summed E-state index contributed by atoms with van der Waals surface area (Å²) in [5, 5.41) is 19.8. The standard InChI is InChI=1S/C21H21N5O3/c1-14-11-16(7-8-17(14)29-12-15-5-3-2-4-6-15)24-19-18-20(23-13-22-19)25-26-21(18)28-10-9-27/h2-8,11,13,27H,9-10,12H2,1H3,(H2,22,23,24,25,26). The van der Waals surface area contributed by atoms with E-state index in [1.807, 2.05) is 55.5 Å². The van der Waals surface area contributed by atoms with Crippen molar-refractivity contribution in [3.8, 4) is 11.6 Å². The highest BCUT2D eigenvalue weighted by molar-refractivity contribution is 5.92. The third kappa shape index (κ3) is 4.27. The average molecular weight is 391 g/mol. The summed E-state index contributed by atoms with van der Waals surface area (Å²) in [7, 11) is 0. The van der Waals surface area contributed by atoms with Crippen molar-refractivity contribution in [2.75, 3.05) is 18.5 Å². The Hall–Kier alpha value is -3.65. The summed E-state index contributed by atoms with van der Waals surface area (Å²) >= 11 is 0. The van der Waals surface area contributed by atoms with E-state index in [9.17, 15) is 0 Å². The fourth-order valence-electron chi connectivity index (χ4n) is 2.94. The van der Waals surface area contributed by atoms with Crippen LogP contribution in [0.2, 0.25) is 0 Å². The smallest absolute Gasteiger partial charge is 0.246 e. The number of benzene rings is 2. The molecular formula is C21H21N5O3. The summed E-state index contributed by atoms with van der Waals surface area (Å²) in [6.45, 7) is 2.55. The van der Waals surface area contributed by atoms with Crippen molar-refractivity contribution in [1.82, 2.24) is 20.2 Å². The highest BCUT2D eigenvalue weighted by Gasteiger charge is 2.14. The molecule has 4 aromatic rings. The van der Waals surface area contributed by atoms with Gasteiger partial charge in [0.2, 0.25) is 5.88 Å². The topological polar surface area (TPSA) is 105 Å². The Kier molecular flexibility index (Phi) is 5.53. The van der Waals surface area contributed by atoms with Gasteiger partial charge in [-0.3, -0.25) is 5.10 Å². The first-order valence-electron chi connectivity index (χ1n) is 9.21. The minimum atomic E-state index is -0.103. The minimum absolute atomic E-state index is 0.103. The van der Waals surface area contributed by atoms with Crippen molar-refractivity contribution < 1.29 is 14.6 Å². The van der Waals surface area contributed by atoms with Gasteiger partial charge in [-0.2, -0.15) is 0 Å². The van der Waals surface area contributed by atoms with Crippen molar-refractivity contribution in [3.05, 3.63) is 66.0 Å². The largest absolute Gasteiger partial charge is 0.489 e. The molecule has 0 saturated heterocycles. The number of H-pyrrole nitrogens is 1. The molecule has 0 aliphatic carbocycles. The Balaban J connectivity index is 1.52. The van der Waals surface area contributed by atoms with E-state index < -0.39 is 0 Å². The fraction of sp³-hybridized carbons (Fsp3) is 0.190. The highest BCUT2D eigenvalue weighted by atomic mass is 16.5. The number of aromatic nitrogens is 4. The van der Waals surface area contributed by atoms with E-state index >= 15 is 0 Å². The van der Waals surface area contributed by atoms with E-state index in [1.54, 1.807) is 0 Å². The predicted octanol–water partition coefficient (Wildman–Crippen LogP) is 3.36. The van der Waals surface area contributed by atoms with Gasteiger partial charge < -0.3 is 19.9 Å². The SMILES string of the molecule is Cc1cc(Nc2ncnc3[nH]nc(OCCO)c23)ccc1OCc1ccccc1. The monoisotopic (exact) mass is 391 g/mol. The van der Waals surface area contributed by atoms with Crippen LogP contribution in [0.5, 0.6) is 11.6 Å². The molecule has 3 N–H and O–H groups in total. The van der Waals surface area contributed by atoms with Crippen LogP contribution in [0.15, 0.2) is 54.9 Å². The molecule has 0 saturated carbocycles. The van der Waals surface area contributed by atoms with Gasteiger partial charge in [-0.1, -0.05) is 30.3 Å². The zero-order valence-corrected chi connectivity index (χ0v) is 15.9. The molecule has 0 spiro atoms. The van der Waals surface area contributed by atoms with Crippen molar-refractivity contribution in [3.63, 3.8) is 0 Å². The van der Waals surface area contributed by atoms with Crippen LogP contribution in [0.3, 0.4) is 0 Å². The maximum absolute atomic E-state index is 8.99. The molecule has 8 nitrogen and oxygen atoms in total. The van der Waals surface area contributed by atoms with Gasteiger partial charge in [0.1, 0.15) is 36.5 Å². The lowest BCUT2D eigenvalue weighted by Crippen LogP contribution is -2.03. The molecule has 0 radical (unpaired) electrons. The fourth-order valence-corrected chi connectivity index (χ4v) is 2.94. The van der Waals surface area contributed by atoms with Crippen molar-refractivity contribution in [2.24, 2.45) is 0 Å². The normalized spacial score (nSPS) is 10.8. The van der Waals surface area contributed by atoms with Crippen LogP contribution < -0.4 is 14.8 Å². The molecule has 8 heteroatoms. The van der Waals surface area contributed by atoms with Crippen LogP contribution in [-0.2, 0) is 6.61 Å². The molecule has 4 rings (SSSR count). The Bertz CT molecular complexity index is 1100. The second kappa shape index (κ2) is 8.57. The van der Waals surface area contributed by atoms with Crippen molar-refractivity contribution in [1.29, 1.82) is 0 Å². The first-order valence-corrected chi connectivity index (χ1v) is 9.21. The number of aliphatic hydroxyl groups is 1. The van der Waals surface area contributed by atoms with Crippen LogP contribution in [0.1, 0.15) is 11.1 Å². The number of rotatable bonds is 8. The highest BCUT2D eigenvalue weighted by Crippen LogP contribution is 2.31. The van der Waals surface area contributed by atoms with Crippen LogP contribution in [0, 0.1) is 6.92 Å². The number of hydrogen-bond acceptors (Lipinski definition) is 7. The second-order valence-electron chi connectivity index (χ2n) is 6.43.